The number of esters is 1. The molecule has 10 heteroatoms. The largest absolute Gasteiger partial charge is 0.468 e. The van der Waals surface area contributed by atoms with Gasteiger partial charge in [0, 0.05) is 17.8 Å². The molecule has 0 fully saturated rings. The van der Waals surface area contributed by atoms with Crippen molar-refractivity contribution in [2.45, 2.75) is 51.7 Å². The summed E-state index contributed by atoms with van der Waals surface area (Å²) in [6.45, 7) is 6.86. The Balaban J connectivity index is 2.11. The van der Waals surface area contributed by atoms with Crippen LogP contribution in [-0.2, 0) is 27.8 Å². The topological polar surface area (TPSA) is 98.8 Å². The number of hydrogen-bond donors (Lipinski definition) is 0. The molecule has 0 aliphatic heterocycles. The lowest BCUT2D eigenvalue weighted by Crippen LogP contribution is -2.43. The van der Waals surface area contributed by atoms with Crippen LogP contribution in [0.2, 0.25) is 0 Å². The molecule has 0 amide bonds. The Morgan fingerprint density at radius 3 is 2.35 bits per heavy atom. The van der Waals surface area contributed by atoms with Gasteiger partial charge >= 0.3 is 5.97 Å². The fourth-order valence-corrected chi connectivity index (χ4v) is 5.64. The van der Waals surface area contributed by atoms with Crippen molar-refractivity contribution in [1.29, 1.82) is 0 Å². The maximum Gasteiger partial charge on any atom is 0.354 e. The van der Waals surface area contributed by atoms with Gasteiger partial charge in [0.05, 0.1) is 30.9 Å². The molecule has 8 nitrogen and oxygen atoms in total. The molecule has 1 aromatic carbocycles. The quantitative estimate of drug-likeness (QED) is 0.331. The van der Waals surface area contributed by atoms with E-state index in [0.717, 1.165) is 28.6 Å². The Bertz CT molecular complexity index is 1290. The number of halogens is 1. The number of nitrogens with zero attached hydrogens (tertiary/aromatic N) is 2. The molecular formula is C24H27FN2O6S. The van der Waals surface area contributed by atoms with Gasteiger partial charge < -0.3 is 13.7 Å². The van der Waals surface area contributed by atoms with Gasteiger partial charge in [-0.15, -0.1) is 0 Å². The predicted octanol–water partition coefficient (Wildman–Crippen LogP) is 4.11. The SMILES string of the molecule is CCn1c(C)c(C(=O)C(C)N(Cc2ccco2)S(=O)(=O)c2ccc(F)cc2)c(C)c1C(=O)OC. The summed E-state index contributed by atoms with van der Waals surface area (Å²) in [4.78, 5) is 25.9. The number of methoxy groups -OCH3 is 1. The van der Waals surface area contributed by atoms with E-state index < -0.39 is 33.6 Å². The van der Waals surface area contributed by atoms with Gasteiger partial charge in [-0.2, -0.15) is 4.31 Å². The van der Waals surface area contributed by atoms with Crippen LogP contribution < -0.4 is 0 Å². The number of ether oxygens (including phenoxy) is 1. The normalized spacial score (nSPS) is 12.7. The molecule has 34 heavy (non-hydrogen) atoms. The molecule has 1 atom stereocenters. The van der Waals surface area contributed by atoms with E-state index in [4.69, 9.17) is 9.15 Å². The van der Waals surface area contributed by atoms with Crippen LogP contribution in [-0.4, -0.2) is 42.2 Å². The summed E-state index contributed by atoms with van der Waals surface area (Å²) < 4.78 is 53.4. The molecular weight excluding hydrogens is 463 g/mol. The third kappa shape index (κ3) is 4.55. The third-order valence-corrected chi connectivity index (χ3v) is 7.76. The second-order valence-corrected chi connectivity index (χ2v) is 9.68. The highest BCUT2D eigenvalue weighted by molar-refractivity contribution is 7.89. The van der Waals surface area contributed by atoms with Crippen molar-refractivity contribution in [2.24, 2.45) is 0 Å². The fourth-order valence-electron chi connectivity index (χ4n) is 4.08. The number of sulfonamides is 1. The zero-order valence-corrected chi connectivity index (χ0v) is 20.5. The molecule has 0 aliphatic rings. The summed E-state index contributed by atoms with van der Waals surface area (Å²) in [6, 6.07) is 6.45. The van der Waals surface area contributed by atoms with E-state index in [0.29, 0.717) is 23.6 Å². The molecule has 0 N–H and O–H groups in total. The number of carbonyl (C=O) groups excluding carboxylic acids is 2. The minimum Gasteiger partial charge on any atom is -0.468 e. The maximum absolute atomic E-state index is 13.7. The zero-order valence-electron chi connectivity index (χ0n) is 19.7. The number of carbonyl (C=O) groups is 2. The van der Waals surface area contributed by atoms with Crippen molar-refractivity contribution in [3.8, 4) is 0 Å². The van der Waals surface area contributed by atoms with Crippen molar-refractivity contribution in [2.75, 3.05) is 7.11 Å². The highest BCUT2D eigenvalue weighted by Gasteiger charge is 2.37. The zero-order chi connectivity index (χ0) is 25.2. The number of Topliss-reactive ketones (excluding diaryl/α,β-unsaturated/α-hetero) is 1. The first-order chi connectivity index (χ1) is 16.0. The molecule has 0 saturated carbocycles. The lowest BCUT2D eigenvalue weighted by Gasteiger charge is -2.27. The highest BCUT2D eigenvalue weighted by atomic mass is 32.2. The number of benzene rings is 1. The number of aromatic nitrogens is 1. The Kier molecular flexibility index (Phi) is 7.42. The Morgan fingerprint density at radius 1 is 1.18 bits per heavy atom. The van der Waals surface area contributed by atoms with E-state index in [9.17, 15) is 22.4 Å². The van der Waals surface area contributed by atoms with Gasteiger partial charge in [0.1, 0.15) is 17.3 Å². The fraction of sp³-hybridized carbons (Fsp3) is 0.333. The van der Waals surface area contributed by atoms with Gasteiger partial charge in [0.15, 0.2) is 5.78 Å². The first-order valence-corrected chi connectivity index (χ1v) is 12.1. The first kappa shape index (κ1) is 25.4. The molecule has 0 saturated heterocycles. The summed E-state index contributed by atoms with van der Waals surface area (Å²) in [5.74, 6) is -1.31. The van der Waals surface area contributed by atoms with E-state index in [-0.39, 0.29) is 22.7 Å². The molecule has 182 valence electrons. The molecule has 2 heterocycles. The van der Waals surface area contributed by atoms with Gasteiger partial charge in [0.25, 0.3) is 0 Å². The molecule has 0 spiro atoms. The summed E-state index contributed by atoms with van der Waals surface area (Å²) in [5, 5.41) is 0. The number of hydrogen-bond acceptors (Lipinski definition) is 6. The smallest absolute Gasteiger partial charge is 0.354 e. The summed E-state index contributed by atoms with van der Waals surface area (Å²) in [5.41, 5.74) is 1.46. The van der Waals surface area contributed by atoms with Crippen molar-refractivity contribution >= 4 is 21.8 Å². The highest BCUT2D eigenvalue weighted by Crippen LogP contribution is 2.28. The Hall–Kier alpha value is -3.24. The molecule has 1 unspecified atom stereocenters. The van der Waals surface area contributed by atoms with E-state index in [1.54, 1.807) is 30.5 Å². The van der Waals surface area contributed by atoms with Crippen LogP contribution >= 0.6 is 0 Å². The summed E-state index contributed by atoms with van der Waals surface area (Å²) in [7, 11) is -2.96. The average Bonchev–Trinajstić information content (AvgIpc) is 3.41. The third-order valence-electron chi connectivity index (χ3n) is 5.83. The van der Waals surface area contributed by atoms with Crippen LogP contribution in [0.4, 0.5) is 4.39 Å². The Labute approximate surface area is 198 Å². The summed E-state index contributed by atoms with van der Waals surface area (Å²) >= 11 is 0. The lowest BCUT2D eigenvalue weighted by atomic mass is 10.0. The van der Waals surface area contributed by atoms with Crippen LogP contribution in [0.3, 0.4) is 0 Å². The van der Waals surface area contributed by atoms with Crippen molar-refractivity contribution in [3.63, 3.8) is 0 Å². The van der Waals surface area contributed by atoms with Gasteiger partial charge in [-0.25, -0.2) is 17.6 Å². The number of rotatable bonds is 9. The van der Waals surface area contributed by atoms with Crippen LogP contribution in [0.5, 0.6) is 0 Å². The number of furan rings is 1. The van der Waals surface area contributed by atoms with Gasteiger partial charge in [0.2, 0.25) is 10.0 Å². The molecule has 0 aliphatic carbocycles. The molecule has 0 radical (unpaired) electrons. The minimum atomic E-state index is -4.21. The van der Waals surface area contributed by atoms with Crippen LogP contribution in [0, 0.1) is 19.7 Å². The van der Waals surface area contributed by atoms with Crippen molar-refractivity contribution in [3.05, 3.63) is 76.8 Å². The lowest BCUT2D eigenvalue weighted by molar-refractivity contribution is 0.0587. The molecule has 0 bridgehead atoms. The summed E-state index contributed by atoms with van der Waals surface area (Å²) in [6.07, 6.45) is 1.41. The second kappa shape index (κ2) is 9.94. The maximum atomic E-state index is 13.7. The standard InChI is InChI=1S/C24H27FN2O6S/c1-6-26-16(3)21(15(2)22(26)24(29)32-5)23(28)17(4)27(14-19-8-7-13-33-19)34(30,31)20-11-9-18(25)10-12-20/h7-13,17H,6,14H2,1-5H3. The predicted molar refractivity (Wildman–Crippen MR) is 123 cm³/mol. The first-order valence-electron chi connectivity index (χ1n) is 10.7. The molecule has 3 rings (SSSR count). The molecule has 3 aromatic rings. The van der Waals surface area contributed by atoms with Gasteiger partial charge in [-0.1, -0.05) is 0 Å². The monoisotopic (exact) mass is 490 g/mol. The van der Waals surface area contributed by atoms with Gasteiger partial charge in [-0.3, -0.25) is 4.79 Å². The average molecular weight is 491 g/mol. The number of ketones is 1. The van der Waals surface area contributed by atoms with E-state index >= 15 is 0 Å². The Morgan fingerprint density at radius 2 is 1.82 bits per heavy atom. The van der Waals surface area contributed by atoms with E-state index in [1.165, 1.54) is 20.3 Å². The van der Waals surface area contributed by atoms with E-state index in [1.807, 2.05) is 6.92 Å². The van der Waals surface area contributed by atoms with Crippen molar-refractivity contribution in [1.82, 2.24) is 8.87 Å². The molecule has 2 aromatic heterocycles. The van der Waals surface area contributed by atoms with Gasteiger partial charge in [-0.05, 0) is 69.7 Å². The van der Waals surface area contributed by atoms with E-state index in [2.05, 4.69) is 0 Å². The van der Waals surface area contributed by atoms with Crippen LogP contribution in [0.15, 0.2) is 52.0 Å². The van der Waals surface area contributed by atoms with Crippen molar-refractivity contribution < 1.29 is 31.6 Å². The minimum absolute atomic E-state index is 0.157. The van der Waals surface area contributed by atoms with Crippen LogP contribution in [0.1, 0.15) is 51.7 Å². The van der Waals surface area contributed by atoms with Crippen LogP contribution in [0.25, 0.3) is 0 Å². The second-order valence-electron chi connectivity index (χ2n) is 7.79.